The molecule has 2 N–H and O–H groups in total. The van der Waals surface area contributed by atoms with Crippen LogP contribution in [0.5, 0.6) is 0 Å². The molecule has 4 heteroatoms. The summed E-state index contributed by atoms with van der Waals surface area (Å²) in [5, 5.41) is 7.21. The number of amides is 1. The molecular formula is C12H22N2OS. The van der Waals surface area contributed by atoms with Crippen LogP contribution in [0.25, 0.3) is 0 Å². The van der Waals surface area contributed by atoms with Gasteiger partial charge in [-0.25, -0.2) is 0 Å². The van der Waals surface area contributed by atoms with Crippen molar-refractivity contribution in [1.82, 2.24) is 10.6 Å². The molecule has 0 aromatic carbocycles. The Labute approximate surface area is 102 Å². The summed E-state index contributed by atoms with van der Waals surface area (Å²) in [7, 11) is 0. The molecule has 2 atom stereocenters. The Hall–Kier alpha value is -0.220. The van der Waals surface area contributed by atoms with Crippen molar-refractivity contribution in [2.24, 2.45) is 5.92 Å². The molecule has 0 aromatic rings. The molecular weight excluding hydrogens is 220 g/mol. The van der Waals surface area contributed by atoms with E-state index in [-0.39, 0.29) is 5.92 Å². The standard InChI is InChI=1S/C12H22N2OS/c1-16-11-4-2-3-10(11)14-12(15)9-5-7-13-8-6-9/h9-11,13H,2-8H2,1H3,(H,14,15). The zero-order valence-electron chi connectivity index (χ0n) is 10.00. The highest BCUT2D eigenvalue weighted by atomic mass is 32.2. The Morgan fingerprint density at radius 3 is 2.69 bits per heavy atom. The fourth-order valence-electron chi connectivity index (χ4n) is 2.76. The molecule has 1 amide bonds. The van der Waals surface area contributed by atoms with Crippen molar-refractivity contribution in [2.75, 3.05) is 19.3 Å². The van der Waals surface area contributed by atoms with E-state index < -0.39 is 0 Å². The van der Waals surface area contributed by atoms with Crippen molar-refractivity contribution in [2.45, 2.75) is 43.4 Å². The summed E-state index contributed by atoms with van der Waals surface area (Å²) in [6.45, 7) is 1.99. The minimum absolute atomic E-state index is 0.254. The molecule has 2 unspecified atom stereocenters. The van der Waals surface area contributed by atoms with Crippen molar-refractivity contribution in [3.05, 3.63) is 0 Å². The largest absolute Gasteiger partial charge is 0.352 e. The number of carbonyl (C=O) groups excluding carboxylic acids is 1. The van der Waals surface area contributed by atoms with E-state index in [1.807, 2.05) is 11.8 Å². The van der Waals surface area contributed by atoms with Crippen LogP contribution in [0.3, 0.4) is 0 Å². The van der Waals surface area contributed by atoms with E-state index >= 15 is 0 Å². The van der Waals surface area contributed by atoms with Gasteiger partial charge in [-0.15, -0.1) is 0 Å². The van der Waals surface area contributed by atoms with Gasteiger partial charge >= 0.3 is 0 Å². The summed E-state index contributed by atoms with van der Waals surface area (Å²) in [5.74, 6) is 0.553. The van der Waals surface area contributed by atoms with E-state index in [1.165, 1.54) is 19.3 Å². The predicted molar refractivity (Wildman–Crippen MR) is 68.7 cm³/mol. The van der Waals surface area contributed by atoms with E-state index in [0.717, 1.165) is 25.9 Å². The first kappa shape index (κ1) is 12.2. The molecule has 0 aromatic heterocycles. The molecule has 0 spiro atoms. The summed E-state index contributed by atoms with van der Waals surface area (Å²) < 4.78 is 0. The fourth-order valence-corrected chi connectivity index (χ4v) is 3.69. The van der Waals surface area contributed by atoms with Gasteiger partial charge in [0.1, 0.15) is 0 Å². The Morgan fingerprint density at radius 1 is 1.25 bits per heavy atom. The first-order valence-electron chi connectivity index (χ1n) is 6.35. The van der Waals surface area contributed by atoms with E-state index in [4.69, 9.17) is 0 Å². The fraction of sp³-hybridized carbons (Fsp3) is 0.917. The van der Waals surface area contributed by atoms with E-state index in [2.05, 4.69) is 16.9 Å². The van der Waals surface area contributed by atoms with E-state index in [9.17, 15) is 4.79 Å². The van der Waals surface area contributed by atoms with Gasteiger partial charge in [0, 0.05) is 17.2 Å². The lowest BCUT2D eigenvalue weighted by molar-refractivity contribution is -0.126. The van der Waals surface area contributed by atoms with Gasteiger partial charge in [-0.3, -0.25) is 4.79 Å². The van der Waals surface area contributed by atoms with Gasteiger partial charge in [-0.05, 0) is 45.0 Å². The number of hydrogen-bond donors (Lipinski definition) is 2. The zero-order valence-corrected chi connectivity index (χ0v) is 10.8. The lowest BCUT2D eigenvalue weighted by atomic mass is 9.97. The first-order valence-corrected chi connectivity index (χ1v) is 7.64. The average molecular weight is 242 g/mol. The Kier molecular flexibility index (Phi) is 4.53. The van der Waals surface area contributed by atoms with Gasteiger partial charge in [0.15, 0.2) is 0 Å². The van der Waals surface area contributed by atoms with Crippen LogP contribution in [0.15, 0.2) is 0 Å². The third-order valence-corrected chi connectivity index (χ3v) is 4.96. The maximum Gasteiger partial charge on any atom is 0.223 e. The van der Waals surface area contributed by atoms with Gasteiger partial charge in [0.2, 0.25) is 5.91 Å². The van der Waals surface area contributed by atoms with Gasteiger partial charge < -0.3 is 10.6 Å². The molecule has 1 aliphatic carbocycles. The topological polar surface area (TPSA) is 41.1 Å². The van der Waals surface area contributed by atoms with Crippen molar-refractivity contribution in [3.8, 4) is 0 Å². The van der Waals surface area contributed by atoms with Crippen LogP contribution in [0.4, 0.5) is 0 Å². The average Bonchev–Trinajstić information content (AvgIpc) is 2.77. The molecule has 3 nitrogen and oxygen atoms in total. The SMILES string of the molecule is CSC1CCCC1NC(=O)C1CCNCC1. The number of hydrogen-bond acceptors (Lipinski definition) is 3. The van der Waals surface area contributed by atoms with Gasteiger partial charge in [0.25, 0.3) is 0 Å². The third-order valence-electron chi connectivity index (χ3n) is 3.79. The molecule has 92 valence electrons. The molecule has 0 radical (unpaired) electrons. The quantitative estimate of drug-likeness (QED) is 0.786. The van der Waals surface area contributed by atoms with Crippen LogP contribution in [-0.2, 0) is 4.79 Å². The lowest BCUT2D eigenvalue weighted by Crippen LogP contribution is -2.44. The minimum Gasteiger partial charge on any atom is -0.352 e. The number of thioether (sulfide) groups is 1. The Bertz CT molecular complexity index is 241. The monoisotopic (exact) mass is 242 g/mol. The summed E-state index contributed by atoms with van der Waals surface area (Å²) in [5.41, 5.74) is 0. The molecule has 1 saturated carbocycles. The first-order chi connectivity index (χ1) is 7.81. The predicted octanol–water partition coefficient (Wildman–Crippen LogP) is 1.39. The van der Waals surface area contributed by atoms with Crippen molar-refractivity contribution in [3.63, 3.8) is 0 Å². The van der Waals surface area contributed by atoms with Gasteiger partial charge in [0.05, 0.1) is 0 Å². The van der Waals surface area contributed by atoms with Gasteiger partial charge in [-0.1, -0.05) is 6.42 Å². The Balaban J connectivity index is 1.81. The highest BCUT2D eigenvalue weighted by Gasteiger charge is 2.30. The Morgan fingerprint density at radius 2 is 2.00 bits per heavy atom. The van der Waals surface area contributed by atoms with Crippen LogP contribution in [0.1, 0.15) is 32.1 Å². The van der Waals surface area contributed by atoms with Crippen molar-refractivity contribution in [1.29, 1.82) is 0 Å². The summed E-state index contributed by atoms with van der Waals surface area (Å²) >= 11 is 1.90. The van der Waals surface area contributed by atoms with Crippen LogP contribution in [0, 0.1) is 5.92 Å². The maximum absolute atomic E-state index is 12.1. The number of rotatable bonds is 3. The summed E-state index contributed by atoms with van der Waals surface area (Å²) in [6, 6.07) is 0.428. The highest BCUT2D eigenvalue weighted by molar-refractivity contribution is 7.99. The second-order valence-electron chi connectivity index (χ2n) is 4.84. The molecule has 0 bridgehead atoms. The smallest absolute Gasteiger partial charge is 0.223 e. The van der Waals surface area contributed by atoms with Crippen LogP contribution in [-0.4, -0.2) is 36.5 Å². The molecule has 2 fully saturated rings. The second kappa shape index (κ2) is 5.92. The van der Waals surface area contributed by atoms with Crippen molar-refractivity contribution < 1.29 is 4.79 Å². The summed E-state index contributed by atoms with van der Waals surface area (Å²) in [6.07, 6.45) is 7.86. The molecule has 1 heterocycles. The van der Waals surface area contributed by atoms with Crippen LogP contribution in [0.2, 0.25) is 0 Å². The van der Waals surface area contributed by atoms with E-state index in [1.54, 1.807) is 0 Å². The number of nitrogens with one attached hydrogen (secondary N) is 2. The third kappa shape index (κ3) is 2.92. The zero-order chi connectivity index (χ0) is 11.4. The van der Waals surface area contributed by atoms with Crippen LogP contribution >= 0.6 is 11.8 Å². The molecule has 16 heavy (non-hydrogen) atoms. The summed E-state index contributed by atoms with van der Waals surface area (Å²) in [4.78, 5) is 12.1. The normalized spacial score (nSPS) is 31.6. The number of piperidine rings is 1. The van der Waals surface area contributed by atoms with Crippen LogP contribution < -0.4 is 10.6 Å². The molecule has 2 rings (SSSR count). The van der Waals surface area contributed by atoms with E-state index in [0.29, 0.717) is 17.2 Å². The maximum atomic E-state index is 12.1. The minimum atomic E-state index is 0.254. The van der Waals surface area contributed by atoms with Crippen molar-refractivity contribution >= 4 is 17.7 Å². The molecule has 1 saturated heterocycles. The molecule has 1 aliphatic heterocycles. The number of carbonyl (C=O) groups is 1. The second-order valence-corrected chi connectivity index (χ2v) is 5.92. The van der Waals surface area contributed by atoms with Gasteiger partial charge in [-0.2, -0.15) is 11.8 Å². The molecule has 2 aliphatic rings. The lowest BCUT2D eigenvalue weighted by Gasteiger charge is -2.25. The highest BCUT2D eigenvalue weighted by Crippen LogP contribution is 2.28.